The molecule has 0 saturated carbocycles. The number of aromatic nitrogens is 3. The van der Waals surface area contributed by atoms with E-state index >= 15 is 0 Å². The third-order valence-corrected chi connectivity index (χ3v) is 5.68. The number of morpholine rings is 1. The number of halogens is 1. The Balaban J connectivity index is 1.74. The molecule has 7 nitrogen and oxygen atoms in total. The van der Waals surface area contributed by atoms with Crippen LogP contribution in [0.2, 0.25) is 5.02 Å². The van der Waals surface area contributed by atoms with Crippen LogP contribution in [-0.2, 0) is 4.74 Å². The van der Waals surface area contributed by atoms with Gasteiger partial charge in [0.25, 0.3) is 5.91 Å². The van der Waals surface area contributed by atoms with Gasteiger partial charge in [0, 0.05) is 29.2 Å². The van der Waals surface area contributed by atoms with E-state index in [0.717, 1.165) is 46.7 Å². The number of fused-ring (bicyclic) bond motifs is 2. The Hall–Kier alpha value is -3.16. The molecule has 1 amide bonds. The van der Waals surface area contributed by atoms with E-state index < -0.39 is 5.91 Å². The molecule has 0 bridgehead atoms. The summed E-state index contributed by atoms with van der Waals surface area (Å²) in [5.41, 5.74) is 10.2. The van der Waals surface area contributed by atoms with Crippen molar-refractivity contribution in [3.05, 3.63) is 59.0 Å². The maximum absolute atomic E-state index is 12.2. The summed E-state index contributed by atoms with van der Waals surface area (Å²) in [4.78, 5) is 23.6. The second-order valence-electron chi connectivity index (χ2n) is 7.35. The van der Waals surface area contributed by atoms with Crippen LogP contribution in [0.15, 0.2) is 42.6 Å². The molecular formula is C22H20ClN5O2. The molecule has 3 heterocycles. The molecule has 0 aliphatic carbocycles. The maximum Gasteiger partial charge on any atom is 0.251 e. The number of amides is 1. The van der Waals surface area contributed by atoms with Crippen molar-refractivity contribution in [3.8, 4) is 5.69 Å². The smallest absolute Gasteiger partial charge is 0.251 e. The standard InChI is InChI=1S/C22H20ClN5O2/c1-13-26-21-18(22(24)29)10-16(27-4-6-30-7-5-27)11-20(21)28(13)17-9-14-8-15(23)2-3-19(14)25-12-17/h2-3,8-12H,4-7H2,1H3,(H2,24,29). The van der Waals surface area contributed by atoms with Crippen molar-refractivity contribution in [2.45, 2.75) is 6.92 Å². The SMILES string of the molecule is Cc1nc2c(C(N)=O)cc(N3CCOCC3)cc2n1-c1cnc2ccc(Cl)cc2c1. The molecular weight excluding hydrogens is 402 g/mol. The molecule has 152 valence electrons. The number of pyridine rings is 1. The highest BCUT2D eigenvalue weighted by atomic mass is 35.5. The predicted molar refractivity (Wildman–Crippen MR) is 118 cm³/mol. The minimum atomic E-state index is -0.497. The maximum atomic E-state index is 12.2. The number of nitrogens with zero attached hydrogens (tertiary/aromatic N) is 4. The topological polar surface area (TPSA) is 86.3 Å². The van der Waals surface area contributed by atoms with Gasteiger partial charge in [-0.1, -0.05) is 11.6 Å². The Morgan fingerprint density at radius 3 is 2.70 bits per heavy atom. The van der Waals surface area contributed by atoms with Crippen LogP contribution in [0.3, 0.4) is 0 Å². The molecule has 2 aromatic carbocycles. The van der Waals surface area contributed by atoms with Gasteiger partial charge in [0.15, 0.2) is 0 Å². The number of aryl methyl sites for hydroxylation is 1. The second-order valence-corrected chi connectivity index (χ2v) is 7.79. The molecule has 0 unspecified atom stereocenters. The highest BCUT2D eigenvalue weighted by molar-refractivity contribution is 6.31. The molecule has 5 rings (SSSR count). The first kappa shape index (κ1) is 18.8. The van der Waals surface area contributed by atoms with Crippen molar-refractivity contribution in [2.75, 3.05) is 31.2 Å². The van der Waals surface area contributed by atoms with E-state index in [-0.39, 0.29) is 0 Å². The number of carbonyl (C=O) groups is 1. The summed E-state index contributed by atoms with van der Waals surface area (Å²) in [7, 11) is 0. The number of primary amides is 1. The zero-order valence-corrected chi connectivity index (χ0v) is 17.2. The van der Waals surface area contributed by atoms with Gasteiger partial charge in [-0.25, -0.2) is 4.98 Å². The highest BCUT2D eigenvalue weighted by Gasteiger charge is 2.20. The van der Waals surface area contributed by atoms with Gasteiger partial charge < -0.3 is 15.4 Å². The summed E-state index contributed by atoms with van der Waals surface area (Å²) in [6.07, 6.45) is 1.80. The van der Waals surface area contributed by atoms with Crippen LogP contribution in [0.4, 0.5) is 5.69 Å². The summed E-state index contributed by atoms with van der Waals surface area (Å²) in [6, 6.07) is 11.5. The summed E-state index contributed by atoms with van der Waals surface area (Å²) in [5, 5.41) is 1.58. The average Bonchev–Trinajstić information content (AvgIpc) is 3.08. The van der Waals surface area contributed by atoms with E-state index in [1.165, 1.54) is 0 Å². The first-order valence-electron chi connectivity index (χ1n) is 9.72. The van der Waals surface area contributed by atoms with Gasteiger partial charge in [-0.15, -0.1) is 0 Å². The Bertz CT molecular complexity index is 1290. The molecule has 1 fully saturated rings. The fourth-order valence-corrected chi connectivity index (χ4v) is 4.19. The van der Waals surface area contributed by atoms with Crippen LogP contribution in [-0.4, -0.2) is 46.7 Å². The Labute approximate surface area is 178 Å². The van der Waals surface area contributed by atoms with E-state index in [1.807, 2.05) is 41.8 Å². The third kappa shape index (κ3) is 3.16. The van der Waals surface area contributed by atoms with Gasteiger partial charge in [-0.2, -0.15) is 0 Å². The molecule has 1 aliphatic heterocycles. The fraction of sp³-hybridized carbons (Fsp3) is 0.227. The lowest BCUT2D eigenvalue weighted by Crippen LogP contribution is -2.36. The number of nitrogens with two attached hydrogens (primary N) is 1. The number of hydrogen-bond donors (Lipinski definition) is 1. The number of hydrogen-bond acceptors (Lipinski definition) is 5. The van der Waals surface area contributed by atoms with Crippen molar-refractivity contribution in [2.24, 2.45) is 5.73 Å². The van der Waals surface area contributed by atoms with E-state index in [2.05, 4.69) is 20.9 Å². The summed E-state index contributed by atoms with van der Waals surface area (Å²) >= 11 is 6.17. The van der Waals surface area contributed by atoms with Crippen molar-refractivity contribution in [1.82, 2.24) is 14.5 Å². The lowest BCUT2D eigenvalue weighted by atomic mass is 10.1. The number of rotatable bonds is 3. The number of anilines is 1. The molecule has 30 heavy (non-hydrogen) atoms. The number of imidazole rings is 1. The third-order valence-electron chi connectivity index (χ3n) is 5.44. The fourth-order valence-electron chi connectivity index (χ4n) is 4.01. The van der Waals surface area contributed by atoms with Crippen LogP contribution < -0.4 is 10.6 Å². The molecule has 1 aliphatic rings. The quantitative estimate of drug-likeness (QED) is 0.547. The zero-order valence-electron chi connectivity index (χ0n) is 16.4. The van der Waals surface area contributed by atoms with Crippen LogP contribution in [0.1, 0.15) is 16.2 Å². The van der Waals surface area contributed by atoms with E-state index in [1.54, 1.807) is 6.20 Å². The summed E-state index contributed by atoms with van der Waals surface area (Å²) in [5.74, 6) is 0.248. The first-order valence-corrected chi connectivity index (χ1v) is 10.1. The minimum absolute atomic E-state index is 0.410. The highest BCUT2D eigenvalue weighted by Crippen LogP contribution is 2.30. The van der Waals surface area contributed by atoms with Gasteiger partial charge in [0.05, 0.1) is 41.7 Å². The zero-order chi connectivity index (χ0) is 20.8. The Morgan fingerprint density at radius 2 is 1.93 bits per heavy atom. The van der Waals surface area contributed by atoms with Crippen LogP contribution in [0, 0.1) is 6.92 Å². The molecule has 2 N–H and O–H groups in total. The predicted octanol–water partition coefficient (Wildman–Crippen LogP) is 3.47. The Kier molecular flexibility index (Phi) is 4.56. The lowest BCUT2D eigenvalue weighted by Gasteiger charge is -2.29. The molecule has 0 radical (unpaired) electrons. The van der Waals surface area contributed by atoms with Gasteiger partial charge in [-0.05, 0) is 43.3 Å². The number of carbonyl (C=O) groups excluding carboxylic acids is 1. The Morgan fingerprint density at radius 1 is 1.13 bits per heavy atom. The van der Waals surface area contributed by atoms with Crippen molar-refractivity contribution >= 4 is 45.1 Å². The molecule has 4 aromatic rings. The molecule has 0 spiro atoms. The molecule has 2 aromatic heterocycles. The van der Waals surface area contributed by atoms with Gasteiger partial charge in [-0.3, -0.25) is 14.3 Å². The van der Waals surface area contributed by atoms with Gasteiger partial charge >= 0.3 is 0 Å². The van der Waals surface area contributed by atoms with E-state index in [0.29, 0.717) is 29.3 Å². The average molecular weight is 422 g/mol. The lowest BCUT2D eigenvalue weighted by molar-refractivity contribution is 0.100. The summed E-state index contributed by atoms with van der Waals surface area (Å²) in [6.45, 7) is 4.72. The molecule has 8 heteroatoms. The van der Waals surface area contributed by atoms with Gasteiger partial charge in [0.1, 0.15) is 11.3 Å². The summed E-state index contributed by atoms with van der Waals surface area (Å²) < 4.78 is 7.46. The normalized spacial score (nSPS) is 14.5. The van der Waals surface area contributed by atoms with Crippen molar-refractivity contribution in [3.63, 3.8) is 0 Å². The van der Waals surface area contributed by atoms with E-state index in [9.17, 15) is 4.79 Å². The van der Waals surface area contributed by atoms with E-state index in [4.69, 9.17) is 22.1 Å². The molecule has 0 atom stereocenters. The van der Waals surface area contributed by atoms with Crippen LogP contribution in [0.25, 0.3) is 27.6 Å². The van der Waals surface area contributed by atoms with Crippen LogP contribution in [0.5, 0.6) is 0 Å². The first-order chi connectivity index (χ1) is 14.5. The van der Waals surface area contributed by atoms with Crippen LogP contribution >= 0.6 is 11.6 Å². The minimum Gasteiger partial charge on any atom is -0.378 e. The van der Waals surface area contributed by atoms with Crippen molar-refractivity contribution < 1.29 is 9.53 Å². The van der Waals surface area contributed by atoms with Crippen molar-refractivity contribution in [1.29, 1.82) is 0 Å². The van der Waals surface area contributed by atoms with Gasteiger partial charge in [0.2, 0.25) is 0 Å². The number of benzene rings is 2. The monoisotopic (exact) mass is 421 g/mol. The number of ether oxygens (including phenoxy) is 1. The molecule has 1 saturated heterocycles. The second kappa shape index (κ2) is 7.27. The largest absolute Gasteiger partial charge is 0.378 e.